The summed E-state index contributed by atoms with van der Waals surface area (Å²) in [5.74, 6) is 0. The van der Waals surface area contributed by atoms with Gasteiger partial charge in [-0.05, 0) is 53.4 Å². The minimum Gasteiger partial charge on any atom is -0.225 e. The van der Waals surface area contributed by atoms with Crippen LogP contribution in [0.2, 0.25) is 0 Å². The molecule has 3 nitrogen and oxygen atoms in total. The third-order valence-electron chi connectivity index (χ3n) is 4.17. The molecule has 3 aromatic rings. The van der Waals surface area contributed by atoms with Gasteiger partial charge in [-0.1, -0.05) is 48.0 Å². The summed E-state index contributed by atoms with van der Waals surface area (Å²) in [6.07, 6.45) is -4.49. The van der Waals surface area contributed by atoms with E-state index in [1.165, 1.54) is 30.3 Å². The van der Waals surface area contributed by atoms with Crippen LogP contribution in [0.1, 0.15) is 11.1 Å². The summed E-state index contributed by atoms with van der Waals surface area (Å²) in [5.41, 5.74) is 2.41. The SMILES string of the molecule is Cc1cccc(-c2ccc(C(F)(F)F)cc2-c2ccc(S(N)(=O)=O)cc2)c1. The first kappa shape index (κ1) is 19.1. The maximum Gasteiger partial charge on any atom is 0.416 e. The first-order chi connectivity index (χ1) is 12.6. The van der Waals surface area contributed by atoms with E-state index >= 15 is 0 Å². The molecule has 0 atom stereocenters. The average Bonchev–Trinajstić information content (AvgIpc) is 2.60. The van der Waals surface area contributed by atoms with E-state index in [2.05, 4.69) is 0 Å². The quantitative estimate of drug-likeness (QED) is 0.683. The van der Waals surface area contributed by atoms with Crippen LogP contribution in [0, 0.1) is 6.92 Å². The van der Waals surface area contributed by atoms with Crippen LogP contribution in [0.4, 0.5) is 13.2 Å². The van der Waals surface area contributed by atoms with Gasteiger partial charge in [0.15, 0.2) is 0 Å². The summed E-state index contributed by atoms with van der Waals surface area (Å²) in [4.78, 5) is -0.102. The number of benzene rings is 3. The van der Waals surface area contributed by atoms with E-state index in [1.807, 2.05) is 31.2 Å². The zero-order valence-electron chi connectivity index (χ0n) is 14.3. The third kappa shape index (κ3) is 4.20. The lowest BCUT2D eigenvalue weighted by atomic mass is 9.92. The Morgan fingerprint density at radius 2 is 1.48 bits per heavy atom. The Labute approximate surface area is 155 Å². The lowest BCUT2D eigenvalue weighted by Crippen LogP contribution is -2.11. The van der Waals surface area contributed by atoms with Gasteiger partial charge in [-0.2, -0.15) is 13.2 Å². The number of primary sulfonamides is 1. The number of halogens is 3. The van der Waals surface area contributed by atoms with Gasteiger partial charge in [0.25, 0.3) is 0 Å². The molecule has 0 aliphatic rings. The molecule has 3 rings (SSSR count). The highest BCUT2D eigenvalue weighted by molar-refractivity contribution is 7.89. The molecular formula is C20H16F3NO2S. The molecular weight excluding hydrogens is 375 g/mol. The van der Waals surface area contributed by atoms with Crippen LogP contribution in [0.3, 0.4) is 0 Å². The lowest BCUT2D eigenvalue weighted by Gasteiger charge is -2.15. The highest BCUT2D eigenvalue weighted by Crippen LogP contribution is 2.38. The van der Waals surface area contributed by atoms with Crippen LogP contribution in [-0.2, 0) is 16.2 Å². The number of aryl methyl sites for hydroxylation is 1. The van der Waals surface area contributed by atoms with Crippen molar-refractivity contribution in [3.8, 4) is 22.3 Å². The Morgan fingerprint density at radius 3 is 2.04 bits per heavy atom. The Bertz CT molecular complexity index is 1090. The second-order valence-corrected chi connectivity index (χ2v) is 7.76. The molecule has 0 heterocycles. The van der Waals surface area contributed by atoms with E-state index in [4.69, 9.17) is 5.14 Å². The van der Waals surface area contributed by atoms with Gasteiger partial charge in [0.2, 0.25) is 10.0 Å². The van der Waals surface area contributed by atoms with Crippen molar-refractivity contribution in [2.45, 2.75) is 18.0 Å². The highest BCUT2D eigenvalue weighted by atomic mass is 32.2. The van der Waals surface area contributed by atoms with Crippen LogP contribution >= 0.6 is 0 Å². The van der Waals surface area contributed by atoms with Crippen molar-refractivity contribution in [2.24, 2.45) is 5.14 Å². The summed E-state index contributed by atoms with van der Waals surface area (Å²) in [5, 5.41) is 5.09. The van der Waals surface area contributed by atoms with E-state index in [9.17, 15) is 21.6 Å². The molecule has 0 aliphatic heterocycles. The lowest BCUT2D eigenvalue weighted by molar-refractivity contribution is -0.137. The summed E-state index contributed by atoms with van der Waals surface area (Å²) < 4.78 is 62.5. The molecule has 0 fully saturated rings. The minimum atomic E-state index is -4.49. The number of rotatable bonds is 3. The molecule has 0 aromatic heterocycles. The topological polar surface area (TPSA) is 60.2 Å². The average molecular weight is 391 g/mol. The van der Waals surface area contributed by atoms with E-state index in [1.54, 1.807) is 0 Å². The molecule has 0 unspecified atom stereocenters. The van der Waals surface area contributed by atoms with Gasteiger partial charge in [0, 0.05) is 0 Å². The van der Waals surface area contributed by atoms with Crippen LogP contribution in [0.25, 0.3) is 22.3 Å². The second kappa shape index (κ2) is 6.83. The number of hydrogen-bond donors (Lipinski definition) is 1. The zero-order valence-corrected chi connectivity index (χ0v) is 15.1. The minimum absolute atomic E-state index is 0.102. The van der Waals surface area contributed by atoms with Crippen molar-refractivity contribution in [2.75, 3.05) is 0 Å². The van der Waals surface area contributed by atoms with Crippen molar-refractivity contribution in [3.05, 3.63) is 77.9 Å². The number of nitrogens with two attached hydrogens (primary N) is 1. The zero-order chi connectivity index (χ0) is 19.8. The molecule has 0 aliphatic carbocycles. The van der Waals surface area contributed by atoms with Crippen LogP contribution in [-0.4, -0.2) is 8.42 Å². The molecule has 140 valence electrons. The fourth-order valence-corrected chi connectivity index (χ4v) is 3.36. The van der Waals surface area contributed by atoms with Crippen molar-refractivity contribution >= 4 is 10.0 Å². The predicted octanol–water partition coefficient (Wildman–Crippen LogP) is 5.00. The van der Waals surface area contributed by atoms with E-state index in [0.29, 0.717) is 16.7 Å². The smallest absolute Gasteiger partial charge is 0.225 e. The third-order valence-corrected chi connectivity index (χ3v) is 5.10. The van der Waals surface area contributed by atoms with Gasteiger partial charge in [-0.25, -0.2) is 13.6 Å². The molecule has 0 bridgehead atoms. The van der Waals surface area contributed by atoms with E-state index in [-0.39, 0.29) is 4.90 Å². The number of hydrogen-bond acceptors (Lipinski definition) is 2. The Morgan fingerprint density at radius 1 is 0.815 bits per heavy atom. The Balaban J connectivity index is 2.22. The van der Waals surface area contributed by atoms with Gasteiger partial charge in [0.1, 0.15) is 0 Å². The summed E-state index contributed by atoms with van der Waals surface area (Å²) >= 11 is 0. The fourth-order valence-electron chi connectivity index (χ4n) is 2.85. The maximum absolute atomic E-state index is 13.2. The normalized spacial score (nSPS) is 12.2. The molecule has 27 heavy (non-hydrogen) atoms. The molecule has 0 spiro atoms. The summed E-state index contributed by atoms with van der Waals surface area (Å²) in [7, 11) is -3.88. The van der Waals surface area contributed by atoms with Crippen LogP contribution in [0.15, 0.2) is 71.6 Å². The fraction of sp³-hybridized carbons (Fsp3) is 0.100. The van der Waals surface area contributed by atoms with Gasteiger partial charge in [-0.3, -0.25) is 0 Å². The molecule has 3 aromatic carbocycles. The van der Waals surface area contributed by atoms with Crippen molar-refractivity contribution in [1.82, 2.24) is 0 Å². The molecule has 7 heteroatoms. The predicted molar refractivity (Wildman–Crippen MR) is 98.4 cm³/mol. The molecule has 0 saturated heterocycles. The highest BCUT2D eigenvalue weighted by Gasteiger charge is 2.31. The van der Waals surface area contributed by atoms with Crippen molar-refractivity contribution in [1.29, 1.82) is 0 Å². The van der Waals surface area contributed by atoms with Gasteiger partial charge >= 0.3 is 6.18 Å². The van der Waals surface area contributed by atoms with Gasteiger partial charge in [-0.15, -0.1) is 0 Å². The van der Waals surface area contributed by atoms with E-state index < -0.39 is 21.8 Å². The first-order valence-electron chi connectivity index (χ1n) is 7.97. The molecule has 2 N–H and O–H groups in total. The molecule has 0 amide bonds. The molecule has 0 radical (unpaired) electrons. The Kier molecular flexibility index (Phi) is 4.84. The number of sulfonamides is 1. The van der Waals surface area contributed by atoms with Crippen molar-refractivity contribution in [3.63, 3.8) is 0 Å². The Hall–Kier alpha value is -2.64. The molecule has 0 saturated carbocycles. The second-order valence-electron chi connectivity index (χ2n) is 6.20. The maximum atomic E-state index is 13.2. The van der Waals surface area contributed by atoms with Gasteiger partial charge in [0.05, 0.1) is 10.5 Å². The summed E-state index contributed by atoms with van der Waals surface area (Å²) in [6.45, 7) is 1.90. The van der Waals surface area contributed by atoms with Crippen molar-refractivity contribution < 1.29 is 21.6 Å². The standard InChI is InChI=1S/C20H16F3NO2S/c1-13-3-2-4-15(11-13)18-10-7-16(20(21,22)23)12-19(18)14-5-8-17(9-6-14)27(24,25)26/h2-12H,1H3,(H2,24,25,26). The van der Waals surface area contributed by atoms with Crippen LogP contribution < -0.4 is 5.14 Å². The summed E-state index contributed by atoms with van der Waals surface area (Å²) in [6, 6.07) is 16.4. The van der Waals surface area contributed by atoms with E-state index in [0.717, 1.165) is 23.3 Å². The van der Waals surface area contributed by atoms with Crippen LogP contribution in [0.5, 0.6) is 0 Å². The largest absolute Gasteiger partial charge is 0.416 e. The first-order valence-corrected chi connectivity index (χ1v) is 9.52. The van der Waals surface area contributed by atoms with Gasteiger partial charge < -0.3 is 0 Å². The number of alkyl halides is 3. The monoisotopic (exact) mass is 391 g/mol.